The molecule has 0 saturated carbocycles. The van der Waals surface area contributed by atoms with E-state index in [0.717, 1.165) is 25.6 Å². The number of hydrogen-bond donors (Lipinski definition) is 3. The molecule has 3 N–H and O–H groups in total. The third-order valence-corrected chi connectivity index (χ3v) is 5.28. The first-order chi connectivity index (χ1) is 12.9. The number of halogens is 1. The van der Waals surface area contributed by atoms with Gasteiger partial charge in [-0.2, -0.15) is 0 Å². The summed E-state index contributed by atoms with van der Waals surface area (Å²) in [6.45, 7) is 8.74. The quantitative estimate of drug-likeness (QED) is 0.378. The molecule has 0 atom stereocenters. The van der Waals surface area contributed by atoms with Crippen molar-refractivity contribution >= 4 is 23.5 Å². The number of aliphatic imine (C=N–C) groups is 1. The average Bonchev–Trinajstić information content (AvgIpc) is 2.68. The number of hydrogen-bond acceptors (Lipinski definition) is 3. The van der Waals surface area contributed by atoms with Crippen LogP contribution in [0.15, 0.2) is 29.3 Å². The summed E-state index contributed by atoms with van der Waals surface area (Å²) in [7, 11) is 1.76. The summed E-state index contributed by atoms with van der Waals surface area (Å²) in [5.74, 6) is 0.573. The monoisotopic (exact) mass is 393 g/mol. The van der Waals surface area contributed by atoms with Gasteiger partial charge in [-0.15, -0.1) is 0 Å². The molecule has 2 rings (SSSR count). The van der Waals surface area contributed by atoms with Gasteiger partial charge in [0.05, 0.1) is 10.6 Å². The second-order valence-corrected chi connectivity index (χ2v) is 7.86. The minimum Gasteiger partial charge on any atom is -0.355 e. The van der Waals surface area contributed by atoms with Gasteiger partial charge in [-0.25, -0.2) is 0 Å². The van der Waals surface area contributed by atoms with Crippen molar-refractivity contribution in [2.45, 2.75) is 38.6 Å². The fraction of sp³-hybridized carbons (Fsp3) is 0.600. The molecular weight excluding hydrogens is 362 g/mol. The Hall–Kier alpha value is -1.79. The topological polar surface area (TPSA) is 68.8 Å². The second-order valence-electron chi connectivity index (χ2n) is 7.45. The first-order valence-electron chi connectivity index (χ1n) is 9.66. The molecule has 0 aromatic heterocycles. The Bertz CT molecular complexity index is 641. The zero-order valence-electron chi connectivity index (χ0n) is 16.6. The molecule has 1 fully saturated rings. The van der Waals surface area contributed by atoms with Crippen LogP contribution in [0.25, 0.3) is 0 Å². The third kappa shape index (κ3) is 6.70. The van der Waals surface area contributed by atoms with Crippen molar-refractivity contribution in [2.24, 2.45) is 4.99 Å². The van der Waals surface area contributed by atoms with Crippen molar-refractivity contribution in [3.8, 4) is 0 Å². The number of amides is 1. The number of benzene rings is 1. The van der Waals surface area contributed by atoms with Gasteiger partial charge >= 0.3 is 0 Å². The summed E-state index contributed by atoms with van der Waals surface area (Å²) in [5, 5.41) is 9.96. The SMILES string of the molecule is CN=C(NCCNC(=O)c1ccccc1Cl)NCC(C)(C)N1CCCCC1. The minimum atomic E-state index is -0.170. The lowest BCUT2D eigenvalue weighted by Crippen LogP contribution is -2.55. The molecule has 27 heavy (non-hydrogen) atoms. The van der Waals surface area contributed by atoms with E-state index in [0.29, 0.717) is 23.7 Å². The number of carbonyl (C=O) groups is 1. The predicted molar refractivity (Wildman–Crippen MR) is 113 cm³/mol. The average molecular weight is 394 g/mol. The molecule has 0 spiro atoms. The first-order valence-corrected chi connectivity index (χ1v) is 10.0. The Kier molecular flexibility index (Phi) is 8.38. The zero-order chi connectivity index (χ0) is 19.7. The highest BCUT2D eigenvalue weighted by Crippen LogP contribution is 2.19. The summed E-state index contributed by atoms with van der Waals surface area (Å²) in [5.41, 5.74) is 0.570. The van der Waals surface area contributed by atoms with E-state index < -0.39 is 0 Å². The first kappa shape index (κ1) is 21.5. The minimum absolute atomic E-state index is 0.0797. The molecule has 0 bridgehead atoms. The predicted octanol–water partition coefficient (Wildman–Crippen LogP) is 2.50. The van der Waals surface area contributed by atoms with E-state index in [2.05, 4.69) is 39.7 Å². The van der Waals surface area contributed by atoms with Crippen LogP contribution in [0.4, 0.5) is 0 Å². The third-order valence-electron chi connectivity index (χ3n) is 4.95. The van der Waals surface area contributed by atoms with E-state index in [-0.39, 0.29) is 11.4 Å². The van der Waals surface area contributed by atoms with Gasteiger partial charge in [0.25, 0.3) is 5.91 Å². The van der Waals surface area contributed by atoms with Crippen LogP contribution >= 0.6 is 11.6 Å². The van der Waals surface area contributed by atoms with E-state index in [1.807, 2.05) is 6.07 Å². The molecule has 7 heteroatoms. The van der Waals surface area contributed by atoms with Gasteiger partial charge in [-0.05, 0) is 51.9 Å². The molecule has 0 radical (unpaired) electrons. The van der Waals surface area contributed by atoms with Crippen LogP contribution in [-0.2, 0) is 0 Å². The van der Waals surface area contributed by atoms with Crippen LogP contribution in [0.1, 0.15) is 43.5 Å². The summed E-state index contributed by atoms with van der Waals surface area (Å²) in [6.07, 6.45) is 3.90. The van der Waals surface area contributed by atoms with Gasteiger partial charge in [0, 0.05) is 32.2 Å². The molecule has 0 unspecified atom stereocenters. The highest BCUT2D eigenvalue weighted by Gasteiger charge is 2.27. The smallest absolute Gasteiger partial charge is 0.252 e. The molecule has 1 aromatic carbocycles. The Morgan fingerprint density at radius 1 is 1.11 bits per heavy atom. The van der Waals surface area contributed by atoms with Crippen LogP contribution in [0.2, 0.25) is 5.02 Å². The lowest BCUT2D eigenvalue weighted by molar-refractivity contribution is 0.0954. The van der Waals surface area contributed by atoms with Crippen molar-refractivity contribution in [1.29, 1.82) is 0 Å². The molecular formula is C20H32ClN5O. The fourth-order valence-electron chi connectivity index (χ4n) is 3.23. The van der Waals surface area contributed by atoms with Crippen molar-refractivity contribution in [2.75, 3.05) is 39.8 Å². The standard InChI is InChI=1S/C20H32ClN5O/c1-20(2,26-13-7-4-8-14-26)15-25-19(22-3)24-12-11-23-18(27)16-9-5-6-10-17(16)21/h5-6,9-10H,4,7-8,11-15H2,1-3H3,(H,23,27)(H2,22,24,25). The maximum absolute atomic E-state index is 12.1. The van der Waals surface area contributed by atoms with Crippen molar-refractivity contribution < 1.29 is 4.79 Å². The van der Waals surface area contributed by atoms with Gasteiger partial charge in [-0.3, -0.25) is 14.7 Å². The highest BCUT2D eigenvalue weighted by atomic mass is 35.5. The largest absolute Gasteiger partial charge is 0.355 e. The van der Waals surface area contributed by atoms with Gasteiger partial charge in [0.2, 0.25) is 0 Å². The Labute approximate surface area is 167 Å². The van der Waals surface area contributed by atoms with Gasteiger partial charge < -0.3 is 16.0 Å². The number of likely N-dealkylation sites (tertiary alicyclic amines) is 1. The summed E-state index contributed by atoms with van der Waals surface area (Å²) >= 11 is 6.04. The normalized spacial score (nSPS) is 16.1. The summed E-state index contributed by atoms with van der Waals surface area (Å²) in [4.78, 5) is 18.9. The maximum Gasteiger partial charge on any atom is 0.252 e. The van der Waals surface area contributed by atoms with Crippen molar-refractivity contribution in [3.05, 3.63) is 34.9 Å². The number of carbonyl (C=O) groups excluding carboxylic acids is 1. The lowest BCUT2D eigenvalue weighted by Gasteiger charge is -2.41. The molecule has 1 aliphatic rings. The zero-order valence-corrected chi connectivity index (χ0v) is 17.4. The highest BCUT2D eigenvalue weighted by molar-refractivity contribution is 6.33. The van der Waals surface area contributed by atoms with Gasteiger partial charge in [0.1, 0.15) is 0 Å². The molecule has 150 valence electrons. The molecule has 1 heterocycles. The molecule has 1 aromatic rings. The van der Waals surface area contributed by atoms with E-state index in [9.17, 15) is 4.79 Å². The Balaban J connectivity index is 1.71. The lowest BCUT2D eigenvalue weighted by atomic mass is 9.98. The molecule has 1 saturated heterocycles. The summed E-state index contributed by atoms with van der Waals surface area (Å²) < 4.78 is 0. The van der Waals surface area contributed by atoms with E-state index in [1.54, 1.807) is 25.2 Å². The van der Waals surface area contributed by atoms with Gasteiger partial charge in [0.15, 0.2) is 5.96 Å². The summed E-state index contributed by atoms with van der Waals surface area (Å²) in [6, 6.07) is 7.04. The van der Waals surface area contributed by atoms with Crippen LogP contribution < -0.4 is 16.0 Å². The number of nitrogens with one attached hydrogen (secondary N) is 3. The number of rotatable bonds is 7. The van der Waals surface area contributed by atoms with Crippen LogP contribution in [0.5, 0.6) is 0 Å². The van der Waals surface area contributed by atoms with E-state index in [1.165, 1.54) is 19.3 Å². The number of guanidine groups is 1. The molecule has 1 amide bonds. The molecule has 0 aliphatic carbocycles. The molecule has 1 aliphatic heterocycles. The Morgan fingerprint density at radius 2 is 1.78 bits per heavy atom. The van der Waals surface area contributed by atoms with Crippen molar-refractivity contribution in [1.82, 2.24) is 20.9 Å². The van der Waals surface area contributed by atoms with E-state index >= 15 is 0 Å². The number of nitrogens with zero attached hydrogens (tertiary/aromatic N) is 2. The molecule has 6 nitrogen and oxygen atoms in total. The maximum atomic E-state index is 12.1. The van der Waals surface area contributed by atoms with Crippen LogP contribution in [-0.4, -0.2) is 62.1 Å². The van der Waals surface area contributed by atoms with Crippen molar-refractivity contribution in [3.63, 3.8) is 0 Å². The fourth-order valence-corrected chi connectivity index (χ4v) is 3.45. The van der Waals surface area contributed by atoms with E-state index in [4.69, 9.17) is 11.6 Å². The van der Waals surface area contributed by atoms with Crippen LogP contribution in [0.3, 0.4) is 0 Å². The van der Waals surface area contributed by atoms with Gasteiger partial charge in [-0.1, -0.05) is 30.2 Å². The Morgan fingerprint density at radius 3 is 2.44 bits per heavy atom. The number of piperidine rings is 1. The van der Waals surface area contributed by atoms with Crippen LogP contribution in [0, 0.1) is 0 Å². The second kappa shape index (κ2) is 10.5.